The van der Waals surface area contributed by atoms with Gasteiger partial charge >= 0.3 is 0 Å². The average Bonchev–Trinajstić information content (AvgIpc) is 3.03. The molecule has 5 nitrogen and oxygen atoms in total. The van der Waals surface area contributed by atoms with E-state index < -0.39 is 0 Å². The number of benzene rings is 1. The third-order valence-corrected chi connectivity index (χ3v) is 5.01. The number of amides is 1. The van der Waals surface area contributed by atoms with E-state index in [4.69, 9.17) is 4.74 Å². The quantitative estimate of drug-likeness (QED) is 0.872. The van der Waals surface area contributed by atoms with Gasteiger partial charge in [0.25, 0.3) is 0 Å². The van der Waals surface area contributed by atoms with Crippen molar-refractivity contribution in [3.8, 4) is 0 Å². The Bertz CT molecular complexity index is 659. The molecule has 1 aromatic heterocycles. The Morgan fingerprint density at radius 2 is 2.25 bits per heavy atom. The standard InChI is InChI=1S/C18H23N3O2S/c1-14-12-23-8-7-21(14)11-16-13-24-18(20-16)9-17(22)19-10-15-5-3-2-4-6-15/h2-6,13-14H,7-12H2,1H3,(H,19,22). The molecule has 0 spiro atoms. The number of morpholine rings is 1. The fourth-order valence-electron chi connectivity index (χ4n) is 2.70. The van der Waals surface area contributed by atoms with Crippen molar-refractivity contribution in [3.63, 3.8) is 0 Å². The average molecular weight is 345 g/mol. The fraction of sp³-hybridized carbons (Fsp3) is 0.444. The van der Waals surface area contributed by atoms with Gasteiger partial charge in [0.1, 0.15) is 5.01 Å². The van der Waals surface area contributed by atoms with E-state index in [0.29, 0.717) is 19.0 Å². The molecule has 2 aromatic rings. The van der Waals surface area contributed by atoms with E-state index in [1.54, 1.807) is 11.3 Å². The Morgan fingerprint density at radius 1 is 1.42 bits per heavy atom. The second kappa shape index (κ2) is 8.37. The van der Waals surface area contributed by atoms with Crippen LogP contribution in [-0.4, -0.2) is 41.6 Å². The molecule has 1 aliphatic rings. The molecule has 1 atom stereocenters. The minimum atomic E-state index is 0.0134. The summed E-state index contributed by atoms with van der Waals surface area (Å²) in [5.74, 6) is 0.0134. The van der Waals surface area contributed by atoms with Crippen molar-refractivity contribution in [3.05, 3.63) is 52.0 Å². The summed E-state index contributed by atoms with van der Waals surface area (Å²) in [6, 6.07) is 10.3. The van der Waals surface area contributed by atoms with Crippen LogP contribution in [0.4, 0.5) is 0 Å². The Labute approximate surface area is 146 Å². The van der Waals surface area contributed by atoms with Crippen LogP contribution in [0.1, 0.15) is 23.2 Å². The molecule has 0 saturated carbocycles. The van der Waals surface area contributed by atoms with Crippen LogP contribution in [0.25, 0.3) is 0 Å². The van der Waals surface area contributed by atoms with E-state index in [1.807, 2.05) is 30.3 Å². The largest absolute Gasteiger partial charge is 0.379 e. The summed E-state index contributed by atoms with van der Waals surface area (Å²) < 4.78 is 5.46. The molecule has 1 unspecified atom stereocenters. The molecule has 0 radical (unpaired) electrons. The van der Waals surface area contributed by atoms with Gasteiger partial charge in [0.05, 0.1) is 25.3 Å². The first-order valence-corrected chi connectivity index (χ1v) is 9.14. The van der Waals surface area contributed by atoms with Gasteiger partial charge in [0.2, 0.25) is 5.91 Å². The number of nitrogens with zero attached hydrogens (tertiary/aromatic N) is 2. The molecule has 1 N–H and O–H groups in total. The van der Waals surface area contributed by atoms with Crippen LogP contribution in [0.2, 0.25) is 0 Å². The smallest absolute Gasteiger partial charge is 0.227 e. The predicted molar refractivity (Wildman–Crippen MR) is 94.8 cm³/mol. The molecule has 2 heterocycles. The molecule has 1 amide bonds. The number of nitrogens with one attached hydrogen (secondary N) is 1. The highest BCUT2D eigenvalue weighted by molar-refractivity contribution is 7.09. The molecule has 1 aromatic carbocycles. The van der Waals surface area contributed by atoms with Gasteiger partial charge in [-0.1, -0.05) is 30.3 Å². The highest BCUT2D eigenvalue weighted by Crippen LogP contribution is 2.15. The summed E-state index contributed by atoms with van der Waals surface area (Å²) in [7, 11) is 0. The number of hydrogen-bond acceptors (Lipinski definition) is 5. The number of hydrogen-bond donors (Lipinski definition) is 1. The molecular formula is C18H23N3O2S. The van der Waals surface area contributed by atoms with Crippen LogP contribution in [-0.2, 0) is 29.0 Å². The first-order chi connectivity index (χ1) is 11.7. The summed E-state index contributed by atoms with van der Waals surface area (Å²) in [4.78, 5) is 19.0. The van der Waals surface area contributed by atoms with E-state index in [9.17, 15) is 4.79 Å². The van der Waals surface area contributed by atoms with E-state index >= 15 is 0 Å². The van der Waals surface area contributed by atoms with Crippen molar-refractivity contribution in [1.29, 1.82) is 0 Å². The summed E-state index contributed by atoms with van der Waals surface area (Å²) in [6.45, 7) is 6.05. The molecule has 128 valence electrons. The molecule has 0 bridgehead atoms. The van der Waals surface area contributed by atoms with Crippen LogP contribution in [0, 0.1) is 0 Å². The monoisotopic (exact) mass is 345 g/mol. The van der Waals surface area contributed by atoms with Crippen LogP contribution in [0.5, 0.6) is 0 Å². The lowest BCUT2D eigenvalue weighted by molar-refractivity contribution is -0.120. The van der Waals surface area contributed by atoms with Crippen molar-refractivity contribution in [2.45, 2.75) is 32.5 Å². The molecule has 24 heavy (non-hydrogen) atoms. The maximum absolute atomic E-state index is 12.1. The van der Waals surface area contributed by atoms with Gasteiger partial charge in [-0.05, 0) is 12.5 Å². The van der Waals surface area contributed by atoms with Crippen LogP contribution < -0.4 is 5.32 Å². The Hall–Kier alpha value is -1.76. The van der Waals surface area contributed by atoms with Crippen molar-refractivity contribution >= 4 is 17.2 Å². The molecule has 1 saturated heterocycles. The lowest BCUT2D eigenvalue weighted by Gasteiger charge is -2.32. The second-order valence-corrected chi connectivity index (χ2v) is 7.01. The SMILES string of the molecule is CC1COCCN1Cc1csc(CC(=O)NCc2ccccc2)n1. The number of carbonyl (C=O) groups excluding carboxylic acids is 1. The Balaban J connectivity index is 1.47. The molecule has 1 fully saturated rings. The topological polar surface area (TPSA) is 54.5 Å². The molecular weight excluding hydrogens is 322 g/mol. The summed E-state index contributed by atoms with van der Waals surface area (Å²) in [5.41, 5.74) is 2.14. The van der Waals surface area contributed by atoms with Crippen molar-refractivity contribution in [2.75, 3.05) is 19.8 Å². The summed E-state index contributed by atoms with van der Waals surface area (Å²) in [6.07, 6.45) is 0.343. The summed E-state index contributed by atoms with van der Waals surface area (Å²) in [5, 5.41) is 5.88. The number of aromatic nitrogens is 1. The maximum atomic E-state index is 12.1. The van der Waals surface area contributed by atoms with Gasteiger partial charge in [-0.2, -0.15) is 0 Å². The zero-order valence-electron chi connectivity index (χ0n) is 13.9. The van der Waals surface area contributed by atoms with E-state index in [-0.39, 0.29) is 5.91 Å². The van der Waals surface area contributed by atoms with Crippen molar-refractivity contribution in [2.24, 2.45) is 0 Å². The number of thiazole rings is 1. The lowest BCUT2D eigenvalue weighted by Crippen LogP contribution is -2.42. The number of carbonyl (C=O) groups is 1. The first-order valence-electron chi connectivity index (χ1n) is 8.26. The van der Waals surface area contributed by atoms with Crippen molar-refractivity contribution in [1.82, 2.24) is 15.2 Å². The van der Waals surface area contributed by atoms with E-state index in [0.717, 1.165) is 42.6 Å². The van der Waals surface area contributed by atoms with Gasteiger partial charge in [0, 0.05) is 31.1 Å². The predicted octanol–water partition coefficient (Wildman–Crippen LogP) is 2.22. The molecule has 3 rings (SSSR count). The fourth-order valence-corrected chi connectivity index (χ4v) is 3.49. The van der Waals surface area contributed by atoms with Gasteiger partial charge < -0.3 is 10.1 Å². The minimum Gasteiger partial charge on any atom is -0.379 e. The van der Waals surface area contributed by atoms with Gasteiger partial charge in [-0.15, -0.1) is 11.3 Å². The maximum Gasteiger partial charge on any atom is 0.227 e. The molecule has 0 aliphatic carbocycles. The van der Waals surface area contributed by atoms with Crippen LogP contribution in [0.15, 0.2) is 35.7 Å². The van der Waals surface area contributed by atoms with Gasteiger partial charge in [-0.3, -0.25) is 9.69 Å². The molecule has 1 aliphatic heterocycles. The highest BCUT2D eigenvalue weighted by Gasteiger charge is 2.20. The van der Waals surface area contributed by atoms with E-state index in [1.165, 1.54) is 0 Å². The molecule has 6 heteroatoms. The third kappa shape index (κ3) is 4.87. The van der Waals surface area contributed by atoms with E-state index in [2.05, 4.69) is 27.5 Å². The van der Waals surface area contributed by atoms with Gasteiger partial charge in [-0.25, -0.2) is 4.98 Å². The Morgan fingerprint density at radius 3 is 3.04 bits per heavy atom. The first kappa shape index (κ1) is 17.1. The van der Waals surface area contributed by atoms with Crippen molar-refractivity contribution < 1.29 is 9.53 Å². The highest BCUT2D eigenvalue weighted by atomic mass is 32.1. The lowest BCUT2D eigenvalue weighted by atomic mass is 10.2. The minimum absolute atomic E-state index is 0.0134. The van der Waals surface area contributed by atoms with Gasteiger partial charge in [0.15, 0.2) is 0 Å². The zero-order chi connectivity index (χ0) is 16.8. The zero-order valence-corrected chi connectivity index (χ0v) is 14.7. The normalized spacial score (nSPS) is 18.5. The Kier molecular flexibility index (Phi) is 5.96. The van der Waals surface area contributed by atoms with Crippen LogP contribution >= 0.6 is 11.3 Å². The van der Waals surface area contributed by atoms with Crippen LogP contribution in [0.3, 0.4) is 0 Å². The number of rotatable bonds is 6. The summed E-state index contributed by atoms with van der Waals surface area (Å²) >= 11 is 1.56. The third-order valence-electron chi connectivity index (χ3n) is 4.11. The number of ether oxygens (including phenoxy) is 1. The second-order valence-electron chi connectivity index (χ2n) is 6.07.